The molecule has 1 heterocycles. The molecular formula is C12H18F3N3S. The fraction of sp³-hybridized carbons (Fsp3) is 0.833. The van der Waals surface area contributed by atoms with Crippen molar-refractivity contribution in [3.63, 3.8) is 0 Å². The Labute approximate surface area is 114 Å². The van der Waals surface area contributed by atoms with E-state index in [0.29, 0.717) is 29.3 Å². The lowest BCUT2D eigenvalue weighted by atomic mass is 9.79. The van der Waals surface area contributed by atoms with Gasteiger partial charge in [0.2, 0.25) is 0 Å². The molecule has 1 fully saturated rings. The van der Waals surface area contributed by atoms with Gasteiger partial charge in [0.1, 0.15) is 10.0 Å². The topological polar surface area (TPSA) is 51.8 Å². The lowest BCUT2D eigenvalue weighted by Gasteiger charge is -2.31. The van der Waals surface area contributed by atoms with Crippen LogP contribution in [0.2, 0.25) is 0 Å². The summed E-state index contributed by atoms with van der Waals surface area (Å²) in [6, 6.07) is -0.223. The van der Waals surface area contributed by atoms with Crippen LogP contribution in [0.3, 0.4) is 0 Å². The number of nitrogens with two attached hydrogens (primary N) is 1. The Bertz CT molecular complexity index is 419. The van der Waals surface area contributed by atoms with E-state index in [4.69, 9.17) is 5.73 Å². The molecule has 0 spiro atoms. The Morgan fingerprint density at radius 1 is 1.32 bits per heavy atom. The zero-order valence-electron chi connectivity index (χ0n) is 10.8. The van der Waals surface area contributed by atoms with Crippen LogP contribution in [-0.4, -0.2) is 16.4 Å². The molecule has 108 valence electrons. The fourth-order valence-corrected chi connectivity index (χ4v) is 3.67. The van der Waals surface area contributed by atoms with Gasteiger partial charge in [-0.15, -0.1) is 10.2 Å². The second-order valence-corrected chi connectivity index (χ2v) is 6.07. The molecule has 2 rings (SSSR count). The fourth-order valence-electron chi connectivity index (χ4n) is 2.54. The minimum atomic E-state index is -4.15. The molecule has 3 unspecified atom stereocenters. The smallest absolute Gasteiger partial charge is 0.322 e. The van der Waals surface area contributed by atoms with E-state index < -0.39 is 18.0 Å². The van der Waals surface area contributed by atoms with E-state index in [1.165, 1.54) is 11.3 Å². The third-order valence-electron chi connectivity index (χ3n) is 3.72. The van der Waals surface area contributed by atoms with Crippen molar-refractivity contribution in [2.24, 2.45) is 11.7 Å². The summed E-state index contributed by atoms with van der Waals surface area (Å²) in [5.74, 6) is -1.82. The summed E-state index contributed by atoms with van der Waals surface area (Å²) < 4.78 is 39.1. The van der Waals surface area contributed by atoms with Gasteiger partial charge in [-0.3, -0.25) is 0 Å². The summed E-state index contributed by atoms with van der Waals surface area (Å²) in [7, 11) is 0. The van der Waals surface area contributed by atoms with Crippen molar-refractivity contribution >= 4 is 11.3 Å². The minimum Gasteiger partial charge on any atom is -0.322 e. The minimum absolute atomic E-state index is 0.197. The Hall–Kier alpha value is -0.690. The number of halogens is 3. The van der Waals surface area contributed by atoms with Gasteiger partial charge in [-0.05, 0) is 19.3 Å². The number of hydrogen-bond acceptors (Lipinski definition) is 4. The van der Waals surface area contributed by atoms with Gasteiger partial charge in [-0.2, -0.15) is 13.2 Å². The first kappa shape index (κ1) is 14.7. The third kappa shape index (κ3) is 3.25. The Kier molecular flexibility index (Phi) is 4.45. The van der Waals surface area contributed by atoms with Gasteiger partial charge in [0.05, 0.1) is 12.0 Å². The van der Waals surface area contributed by atoms with Crippen molar-refractivity contribution in [3.05, 3.63) is 10.0 Å². The van der Waals surface area contributed by atoms with Crippen LogP contribution in [0.4, 0.5) is 13.2 Å². The van der Waals surface area contributed by atoms with Crippen LogP contribution in [-0.2, 0) is 0 Å². The lowest BCUT2D eigenvalue weighted by molar-refractivity contribution is -0.187. The van der Waals surface area contributed by atoms with E-state index in [0.717, 1.165) is 6.42 Å². The first-order valence-electron chi connectivity index (χ1n) is 6.59. The lowest BCUT2D eigenvalue weighted by Crippen LogP contribution is -2.31. The van der Waals surface area contributed by atoms with E-state index in [1.54, 1.807) is 0 Å². The summed E-state index contributed by atoms with van der Waals surface area (Å²) in [6.07, 6.45) is -1.23. The normalized spacial score (nSPS) is 26.4. The Balaban J connectivity index is 2.20. The number of hydrogen-bond donors (Lipinski definition) is 1. The van der Waals surface area contributed by atoms with E-state index in [-0.39, 0.29) is 12.5 Å². The Morgan fingerprint density at radius 3 is 2.63 bits per heavy atom. The molecule has 3 atom stereocenters. The maximum absolute atomic E-state index is 13.0. The van der Waals surface area contributed by atoms with Gasteiger partial charge in [-0.1, -0.05) is 31.1 Å². The molecule has 0 aromatic carbocycles. The summed E-state index contributed by atoms with van der Waals surface area (Å²) in [5, 5.41) is 9.06. The zero-order chi connectivity index (χ0) is 14.0. The summed E-state index contributed by atoms with van der Waals surface area (Å²) in [5.41, 5.74) is 5.84. The van der Waals surface area contributed by atoms with E-state index >= 15 is 0 Å². The maximum Gasteiger partial charge on any atom is 0.392 e. The second-order valence-electron chi connectivity index (χ2n) is 5.03. The van der Waals surface area contributed by atoms with Crippen molar-refractivity contribution < 1.29 is 13.2 Å². The van der Waals surface area contributed by atoms with Crippen molar-refractivity contribution in [2.45, 2.75) is 57.2 Å². The molecule has 0 radical (unpaired) electrons. The van der Waals surface area contributed by atoms with Crippen molar-refractivity contribution in [2.75, 3.05) is 0 Å². The molecule has 19 heavy (non-hydrogen) atoms. The van der Waals surface area contributed by atoms with Gasteiger partial charge in [-0.25, -0.2) is 0 Å². The average molecular weight is 293 g/mol. The van der Waals surface area contributed by atoms with E-state index in [2.05, 4.69) is 10.2 Å². The highest BCUT2D eigenvalue weighted by Gasteiger charge is 2.47. The maximum atomic E-state index is 13.0. The van der Waals surface area contributed by atoms with E-state index in [1.807, 2.05) is 6.92 Å². The predicted molar refractivity (Wildman–Crippen MR) is 67.9 cm³/mol. The number of rotatable bonds is 3. The van der Waals surface area contributed by atoms with Crippen molar-refractivity contribution in [1.82, 2.24) is 10.2 Å². The van der Waals surface area contributed by atoms with Gasteiger partial charge in [0.25, 0.3) is 0 Å². The van der Waals surface area contributed by atoms with Crippen LogP contribution in [0.5, 0.6) is 0 Å². The van der Waals surface area contributed by atoms with Crippen LogP contribution >= 0.6 is 11.3 Å². The molecule has 7 heteroatoms. The van der Waals surface area contributed by atoms with E-state index in [9.17, 15) is 13.2 Å². The highest BCUT2D eigenvalue weighted by molar-refractivity contribution is 7.11. The highest BCUT2D eigenvalue weighted by atomic mass is 32.1. The largest absolute Gasteiger partial charge is 0.392 e. The SMILES string of the molecule is CCC(N)c1nnc(C2CCCCC2C(F)(F)F)s1. The molecule has 2 N–H and O–H groups in total. The molecule has 0 bridgehead atoms. The second kappa shape index (κ2) is 5.75. The molecule has 3 nitrogen and oxygen atoms in total. The van der Waals surface area contributed by atoms with Crippen LogP contribution < -0.4 is 5.73 Å². The standard InChI is InChI=1S/C12H18F3N3S/c1-2-9(16)11-18-17-10(19-11)7-5-3-4-6-8(7)12(13,14)15/h7-9H,2-6,16H2,1H3. The first-order chi connectivity index (χ1) is 8.93. The van der Waals surface area contributed by atoms with Crippen molar-refractivity contribution in [1.29, 1.82) is 0 Å². The number of nitrogens with zero attached hydrogens (tertiary/aromatic N) is 2. The number of aromatic nitrogens is 2. The molecule has 0 aliphatic heterocycles. The Morgan fingerprint density at radius 2 is 2.00 bits per heavy atom. The molecule has 1 saturated carbocycles. The quantitative estimate of drug-likeness (QED) is 0.922. The zero-order valence-corrected chi connectivity index (χ0v) is 11.6. The average Bonchev–Trinajstić information content (AvgIpc) is 2.86. The van der Waals surface area contributed by atoms with Crippen LogP contribution in [0.25, 0.3) is 0 Å². The number of alkyl halides is 3. The monoisotopic (exact) mass is 293 g/mol. The molecule has 0 saturated heterocycles. The van der Waals surface area contributed by atoms with Crippen LogP contribution in [0.15, 0.2) is 0 Å². The summed E-state index contributed by atoms with van der Waals surface area (Å²) in [6.45, 7) is 1.92. The molecular weight excluding hydrogens is 275 g/mol. The molecule has 1 aromatic heterocycles. The summed E-state index contributed by atoms with van der Waals surface area (Å²) >= 11 is 1.24. The first-order valence-corrected chi connectivity index (χ1v) is 7.40. The highest BCUT2D eigenvalue weighted by Crippen LogP contribution is 2.47. The van der Waals surface area contributed by atoms with Gasteiger partial charge >= 0.3 is 6.18 Å². The van der Waals surface area contributed by atoms with Gasteiger partial charge in [0, 0.05) is 5.92 Å². The van der Waals surface area contributed by atoms with Gasteiger partial charge < -0.3 is 5.73 Å². The molecule has 1 aliphatic rings. The molecule has 1 aromatic rings. The van der Waals surface area contributed by atoms with Crippen LogP contribution in [0.1, 0.15) is 61.0 Å². The van der Waals surface area contributed by atoms with Crippen LogP contribution in [0, 0.1) is 5.92 Å². The van der Waals surface area contributed by atoms with Crippen molar-refractivity contribution in [3.8, 4) is 0 Å². The predicted octanol–water partition coefficient (Wildman–Crippen LogP) is 3.78. The summed E-state index contributed by atoms with van der Waals surface area (Å²) in [4.78, 5) is 0. The molecule has 1 aliphatic carbocycles. The molecule has 0 amide bonds. The van der Waals surface area contributed by atoms with Gasteiger partial charge in [0.15, 0.2) is 0 Å². The third-order valence-corrected chi connectivity index (χ3v) is 4.90.